The Morgan fingerprint density at radius 1 is 1.13 bits per heavy atom. The number of pyridine rings is 2. The van der Waals surface area contributed by atoms with E-state index in [1.54, 1.807) is 32.9 Å². The van der Waals surface area contributed by atoms with E-state index in [2.05, 4.69) is 15.3 Å². The van der Waals surface area contributed by atoms with Crippen molar-refractivity contribution in [3.63, 3.8) is 0 Å². The van der Waals surface area contributed by atoms with Crippen molar-refractivity contribution >= 4 is 45.4 Å². The molecule has 1 saturated carbocycles. The molecule has 3 aliphatic rings. The first kappa shape index (κ1) is 31.9. The fraction of sp³-hybridized carbons (Fsp3) is 0.500. The van der Waals surface area contributed by atoms with Crippen molar-refractivity contribution in [1.29, 1.82) is 0 Å². The number of amides is 4. The molecule has 0 bridgehead atoms. The highest BCUT2D eigenvalue weighted by molar-refractivity contribution is 7.19. The smallest absolute Gasteiger partial charge is 0.433 e. The van der Waals surface area contributed by atoms with Crippen LogP contribution in [0.25, 0.3) is 21.5 Å². The normalized spacial score (nSPS) is 22.7. The third-order valence-electron chi connectivity index (χ3n) is 8.92. The van der Waals surface area contributed by atoms with Gasteiger partial charge < -0.3 is 10.1 Å². The number of hydrogen-bond donors (Lipinski definition) is 1. The van der Waals surface area contributed by atoms with Crippen molar-refractivity contribution in [2.24, 2.45) is 17.3 Å². The summed E-state index contributed by atoms with van der Waals surface area (Å²) in [5.41, 5.74) is -0.839. The molecule has 1 aliphatic carbocycles. The molecule has 3 unspecified atom stereocenters. The molecule has 14 heteroatoms. The van der Waals surface area contributed by atoms with E-state index in [0.29, 0.717) is 26.2 Å². The Kier molecular flexibility index (Phi) is 7.45. The first-order valence-electron chi connectivity index (χ1n) is 15.0. The topological polar surface area (TPSA) is 122 Å². The molecule has 46 heavy (non-hydrogen) atoms. The van der Waals surface area contributed by atoms with Gasteiger partial charge in [-0.25, -0.2) is 9.78 Å². The summed E-state index contributed by atoms with van der Waals surface area (Å²) in [6, 6.07) is 3.16. The number of carbonyl (C=O) groups is 4. The molecular formula is C32H34F3N5O5S. The number of fused-ring (bicyclic) bond motifs is 2. The predicted octanol–water partition coefficient (Wildman–Crippen LogP) is 5.10. The van der Waals surface area contributed by atoms with Crippen LogP contribution in [0.1, 0.15) is 56.3 Å². The Balaban J connectivity index is 1.40. The second kappa shape index (κ2) is 10.7. The average Bonchev–Trinajstić information content (AvgIpc) is 3.18. The molecule has 0 spiro atoms. The van der Waals surface area contributed by atoms with E-state index in [0.717, 1.165) is 6.07 Å². The van der Waals surface area contributed by atoms with E-state index in [4.69, 9.17) is 4.74 Å². The molecule has 2 aliphatic heterocycles. The number of thiophene rings is 1. The van der Waals surface area contributed by atoms with Gasteiger partial charge in [0.2, 0.25) is 17.7 Å². The second-order valence-corrected chi connectivity index (χ2v) is 14.8. The molecule has 1 N–H and O–H groups in total. The Hall–Kier alpha value is -4.07. The van der Waals surface area contributed by atoms with Gasteiger partial charge in [0.15, 0.2) is 0 Å². The SMILES string of the molecule is Cc1cc(C(F)(F)F)nc(-c2ccnc3cc(CN4C(=O)C5C(C4=O)C5(C)C)sc23)c1CC1C(=O)NCCN1C(=O)OC(C)(C)C. The summed E-state index contributed by atoms with van der Waals surface area (Å²) in [6.07, 6.45) is -4.11. The largest absolute Gasteiger partial charge is 0.444 e. The van der Waals surface area contributed by atoms with Gasteiger partial charge in [0.05, 0.1) is 34.3 Å². The molecule has 3 aromatic heterocycles. The van der Waals surface area contributed by atoms with E-state index in [1.165, 1.54) is 34.3 Å². The summed E-state index contributed by atoms with van der Waals surface area (Å²) in [6.45, 7) is 10.8. The first-order valence-corrected chi connectivity index (χ1v) is 15.8. The van der Waals surface area contributed by atoms with Gasteiger partial charge in [0.25, 0.3) is 0 Å². The van der Waals surface area contributed by atoms with Gasteiger partial charge >= 0.3 is 12.3 Å². The summed E-state index contributed by atoms with van der Waals surface area (Å²) in [4.78, 5) is 63.9. The summed E-state index contributed by atoms with van der Waals surface area (Å²) in [5.74, 6) is -1.56. The zero-order valence-electron chi connectivity index (χ0n) is 26.2. The van der Waals surface area contributed by atoms with Gasteiger partial charge in [-0.1, -0.05) is 13.8 Å². The van der Waals surface area contributed by atoms with Crippen LogP contribution >= 0.6 is 11.3 Å². The van der Waals surface area contributed by atoms with Crippen molar-refractivity contribution in [2.45, 2.75) is 72.3 Å². The summed E-state index contributed by atoms with van der Waals surface area (Å²) in [7, 11) is 0. The number of aromatic nitrogens is 2. The minimum atomic E-state index is -4.75. The molecule has 10 nitrogen and oxygen atoms in total. The fourth-order valence-electron chi connectivity index (χ4n) is 6.54. The van der Waals surface area contributed by atoms with Gasteiger partial charge in [0, 0.05) is 36.1 Å². The van der Waals surface area contributed by atoms with Crippen LogP contribution in [0.2, 0.25) is 0 Å². The molecule has 0 aromatic carbocycles. The number of aryl methyl sites for hydroxylation is 1. The van der Waals surface area contributed by atoms with E-state index in [1.807, 2.05) is 13.8 Å². The summed E-state index contributed by atoms with van der Waals surface area (Å²) in [5, 5.41) is 2.74. The maximum Gasteiger partial charge on any atom is 0.433 e. The molecule has 244 valence electrons. The van der Waals surface area contributed by atoms with E-state index < -0.39 is 35.5 Å². The van der Waals surface area contributed by atoms with Crippen LogP contribution in [-0.2, 0) is 38.3 Å². The number of nitrogens with one attached hydrogen (secondary N) is 1. The lowest BCUT2D eigenvalue weighted by atomic mass is 9.93. The fourth-order valence-corrected chi connectivity index (χ4v) is 7.66. The molecule has 0 radical (unpaired) electrons. The van der Waals surface area contributed by atoms with Crippen LogP contribution in [-0.4, -0.2) is 68.3 Å². The number of alkyl halides is 3. The Morgan fingerprint density at radius 3 is 2.43 bits per heavy atom. The second-order valence-electron chi connectivity index (χ2n) is 13.7. The first-order chi connectivity index (χ1) is 21.4. The number of imide groups is 1. The monoisotopic (exact) mass is 657 g/mol. The molecule has 5 heterocycles. The van der Waals surface area contributed by atoms with Gasteiger partial charge in [-0.15, -0.1) is 11.3 Å². The standard InChI is InChI=1S/C32H34F3N5O5S/c1-15-11-21(32(33,34)35)38-24(18(15)13-20-26(41)37-9-10-39(20)29(44)45-30(2,3)4)17-7-8-36-19-12-16(46-25(17)19)14-40-27(42)22-23(28(40)43)31(22,5)6/h7-8,11-12,20,22-23H,9-10,13-14H2,1-6H3,(H,37,41). The Labute approximate surface area is 267 Å². The number of hydrogen-bond acceptors (Lipinski definition) is 8. The predicted molar refractivity (Wildman–Crippen MR) is 162 cm³/mol. The number of likely N-dealkylation sites (tertiary alicyclic amines) is 1. The lowest BCUT2D eigenvalue weighted by molar-refractivity contribution is -0.144. The van der Waals surface area contributed by atoms with Crippen LogP contribution in [0.3, 0.4) is 0 Å². The van der Waals surface area contributed by atoms with Crippen LogP contribution < -0.4 is 5.32 Å². The van der Waals surface area contributed by atoms with Crippen molar-refractivity contribution in [1.82, 2.24) is 25.1 Å². The Morgan fingerprint density at radius 2 is 1.80 bits per heavy atom. The van der Waals surface area contributed by atoms with Crippen LogP contribution in [0.4, 0.5) is 18.0 Å². The Bertz CT molecular complexity index is 1770. The maximum absolute atomic E-state index is 14.1. The highest BCUT2D eigenvalue weighted by atomic mass is 32.1. The summed E-state index contributed by atoms with van der Waals surface area (Å²) >= 11 is 1.22. The lowest BCUT2D eigenvalue weighted by Gasteiger charge is -2.36. The zero-order valence-corrected chi connectivity index (χ0v) is 27.1. The average molecular weight is 658 g/mol. The highest BCUT2D eigenvalue weighted by Gasteiger charge is 2.72. The van der Waals surface area contributed by atoms with Crippen LogP contribution in [0, 0.1) is 24.2 Å². The molecule has 3 fully saturated rings. The number of piperidine rings is 1. The quantitative estimate of drug-likeness (QED) is 0.379. The van der Waals surface area contributed by atoms with Crippen molar-refractivity contribution < 1.29 is 37.1 Å². The third kappa shape index (κ3) is 5.50. The maximum atomic E-state index is 14.1. The minimum Gasteiger partial charge on any atom is -0.444 e. The number of carbonyl (C=O) groups excluding carboxylic acids is 4. The van der Waals surface area contributed by atoms with E-state index >= 15 is 0 Å². The summed E-state index contributed by atoms with van der Waals surface area (Å²) < 4.78 is 48.3. The minimum absolute atomic E-state index is 0.00644. The zero-order chi connectivity index (χ0) is 33.5. The van der Waals surface area contributed by atoms with Gasteiger partial charge in [-0.2, -0.15) is 13.2 Å². The van der Waals surface area contributed by atoms with Crippen molar-refractivity contribution in [3.8, 4) is 11.3 Å². The number of piperazine rings is 1. The third-order valence-corrected chi connectivity index (χ3v) is 10.1. The molecule has 3 atom stereocenters. The highest BCUT2D eigenvalue weighted by Crippen LogP contribution is 2.63. The number of halogens is 3. The number of rotatable bonds is 5. The van der Waals surface area contributed by atoms with Crippen molar-refractivity contribution in [2.75, 3.05) is 13.1 Å². The van der Waals surface area contributed by atoms with Crippen LogP contribution in [0.15, 0.2) is 24.4 Å². The van der Waals surface area contributed by atoms with Gasteiger partial charge in [-0.3, -0.25) is 29.2 Å². The molecule has 6 rings (SSSR count). The van der Waals surface area contributed by atoms with Gasteiger partial charge in [0.1, 0.15) is 17.3 Å². The van der Waals surface area contributed by atoms with Crippen LogP contribution in [0.5, 0.6) is 0 Å². The molecule has 4 amide bonds. The lowest BCUT2D eigenvalue weighted by Crippen LogP contribution is -2.58. The number of nitrogens with zero attached hydrogens (tertiary/aromatic N) is 4. The molecule has 2 saturated heterocycles. The van der Waals surface area contributed by atoms with E-state index in [-0.39, 0.29) is 66.4 Å². The molecule has 3 aromatic rings. The van der Waals surface area contributed by atoms with E-state index in [9.17, 15) is 32.3 Å². The van der Waals surface area contributed by atoms with Crippen molar-refractivity contribution in [3.05, 3.63) is 46.1 Å². The molecular weight excluding hydrogens is 623 g/mol. The number of ether oxygens (including phenoxy) is 1. The van der Waals surface area contributed by atoms with Gasteiger partial charge in [-0.05, 0) is 62.4 Å².